The number of Topliss-reactive ketones (excluding diaryl/α,β-unsaturated/α-hetero) is 1. The Morgan fingerprint density at radius 3 is 1.32 bits per heavy atom. The summed E-state index contributed by atoms with van der Waals surface area (Å²) in [5.74, 6) is -9.67. The van der Waals surface area contributed by atoms with Crippen molar-refractivity contribution in [1.82, 2.24) is 19.0 Å². The summed E-state index contributed by atoms with van der Waals surface area (Å²) in [6.45, 7) is 2.74. The van der Waals surface area contributed by atoms with Crippen LogP contribution in [0.25, 0.3) is 0 Å². The Hall–Kier alpha value is -11.2. The van der Waals surface area contributed by atoms with Crippen molar-refractivity contribution in [2.24, 2.45) is 27.4 Å². The van der Waals surface area contributed by atoms with Crippen LogP contribution in [-0.4, -0.2) is 125 Å². The number of carbonyl (C=O) groups excluding carboxylic acids is 9. The molecule has 0 atom stereocenters. The largest absolute Gasteiger partial charge is 0.481 e. The fraction of sp³-hybridized carbons (Fsp3) is 0.459. The molecule has 31 heteroatoms. The van der Waals surface area contributed by atoms with E-state index in [2.05, 4.69) is 30.0 Å². The number of rotatable bonds is 14. The Bertz CT molecular complexity index is 4730. The number of nitrogen functional groups attached to an aromatic ring is 1. The van der Waals surface area contributed by atoms with E-state index in [0.717, 1.165) is 188 Å². The molecule has 116 heavy (non-hydrogen) atoms. The van der Waals surface area contributed by atoms with Gasteiger partial charge >= 0.3 is 41.9 Å². The molecule has 3 amide bonds. The van der Waals surface area contributed by atoms with E-state index in [-0.39, 0.29) is 98.1 Å². The molecule has 9 aliphatic carbocycles. The summed E-state index contributed by atoms with van der Waals surface area (Å²) in [6.07, 6.45) is 23.2. The molecule has 6 bridgehead atoms. The van der Waals surface area contributed by atoms with Crippen LogP contribution in [0.15, 0.2) is 116 Å². The van der Waals surface area contributed by atoms with Crippen molar-refractivity contribution in [2.75, 3.05) is 51.9 Å². The number of nitrogens with two attached hydrogens (primary N) is 2. The van der Waals surface area contributed by atoms with Gasteiger partial charge in [-0.1, -0.05) is 30.3 Å². The molecule has 8 N–H and O–H groups in total. The molecule has 622 valence electrons. The summed E-state index contributed by atoms with van der Waals surface area (Å²) in [4.78, 5) is 118. The van der Waals surface area contributed by atoms with Crippen molar-refractivity contribution in [3.63, 3.8) is 0 Å². The second kappa shape index (κ2) is 37.6. The predicted molar refractivity (Wildman–Crippen MR) is 411 cm³/mol. The molecule has 3 aliphatic heterocycles. The van der Waals surface area contributed by atoms with Gasteiger partial charge < -0.3 is 74.6 Å². The van der Waals surface area contributed by atoms with Crippen LogP contribution < -0.4 is 27.4 Å². The Morgan fingerprint density at radius 2 is 0.871 bits per heavy atom. The average molecular weight is 1620 g/mol. The fourth-order valence-electron chi connectivity index (χ4n) is 17.1. The molecular weight excluding hydrogens is 1520 g/mol. The van der Waals surface area contributed by atoms with E-state index in [1.807, 2.05) is 53.4 Å². The molecule has 9 fully saturated rings. The van der Waals surface area contributed by atoms with Crippen molar-refractivity contribution >= 4 is 76.6 Å². The quantitative estimate of drug-likeness (QED) is 0.0147. The number of anilines is 3. The van der Waals surface area contributed by atoms with Gasteiger partial charge in [-0.3, -0.25) is 33.6 Å². The molecule has 9 saturated carbocycles. The molecule has 0 radical (unpaired) electrons. The topological polar surface area (TPSA) is 349 Å². The standard InChI is InChI=1S/C18H23NO4.C17H14F2N2O4.C14H12F2N2O.C11H16O4.C10H17NO2.C9H11NO2.C6H5F2N/c1-22-15(20)17-7-10-18(11-8-17,12-9-17)19-16(21)23-13-14-5-3-2-4-6-14;1-25-17(24)15(22)14-8-10(13-3-2-6-21(13)14)16(23)20-9-4-5-11(18)12(19)7-9;15-11-4-3-9(8-12(11)16)17-14(19)10-5-7-18-6-1-2-13(10)18;1-15-9(14)11-5-2-10(3-6-11,4-7-11)8(12)13;1-13-8(12)9-2-5-10(11,6-3-9)7-4-9;1-12-9(11)7-4-6-10-5-2-3-8(7)10;7-5-2-1-4(9)3-6(5)8/h2-6H,7-13H2,1H3,(H,19,21);4-5,7-8H,2-3,6H2,1H3,(H,20,23);3-5,7-8H,1-2,6H2,(H,17,19);2-7H2,1H3,(H,12,13);2-7,11H2,1H3;4,6H,2-3,5H2,1H3;1-3H,9H2. The predicted octanol–water partition coefficient (Wildman–Crippen LogP) is 14.0. The highest BCUT2D eigenvalue weighted by Crippen LogP contribution is 2.58. The average Bonchev–Trinajstić information content (AvgIpc) is 1.11. The first-order valence-corrected chi connectivity index (χ1v) is 38.6. The number of hydrogen-bond donors (Lipinski definition) is 6. The van der Waals surface area contributed by atoms with Gasteiger partial charge in [0.25, 0.3) is 17.6 Å². The van der Waals surface area contributed by atoms with Crippen LogP contribution in [0.2, 0.25) is 0 Å². The Kier molecular flexibility index (Phi) is 28.2. The van der Waals surface area contributed by atoms with Crippen molar-refractivity contribution < 1.29 is 108 Å². The first-order chi connectivity index (χ1) is 55.3. The van der Waals surface area contributed by atoms with Crippen LogP contribution >= 0.6 is 0 Å². The number of carboxylic acids is 1. The second-order valence-corrected chi connectivity index (χ2v) is 31.0. The lowest BCUT2D eigenvalue weighted by Crippen LogP contribution is -2.58. The summed E-state index contributed by atoms with van der Waals surface area (Å²) in [7, 11) is 6.86. The number of amides is 3. The number of ether oxygens (including phenoxy) is 6. The van der Waals surface area contributed by atoms with Gasteiger partial charge in [-0.15, -0.1) is 0 Å². The van der Waals surface area contributed by atoms with Crippen LogP contribution in [0.5, 0.6) is 0 Å². The first-order valence-electron chi connectivity index (χ1n) is 38.6. The van der Waals surface area contributed by atoms with Gasteiger partial charge in [-0.05, 0) is 220 Å². The molecule has 19 rings (SSSR count). The van der Waals surface area contributed by atoms with Crippen LogP contribution in [0, 0.1) is 56.6 Å². The highest BCUT2D eigenvalue weighted by molar-refractivity contribution is 6.40. The van der Waals surface area contributed by atoms with Gasteiger partial charge in [0.1, 0.15) is 6.61 Å². The number of halogens is 6. The van der Waals surface area contributed by atoms with Gasteiger partial charge in [0.2, 0.25) is 0 Å². The normalized spacial score (nSPS) is 22.7. The minimum Gasteiger partial charge on any atom is -0.481 e. The Labute approximate surface area is 666 Å². The summed E-state index contributed by atoms with van der Waals surface area (Å²) >= 11 is 0. The number of nitrogens with zero attached hydrogens (tertiary/aromatic N) is 3. The van der Waals surface area contributed by atoms with Gasteiger partial charge in [0.05, 0.1) is 79.6 Å². The number of alkyl carbamates (subject to hydrolysis) is 1. The number of aryl methyl sites for hydroxylation is 2. The number of esters is 5. The molecular formula is C85H98F6N8O17. The molecule has 7 aromatic rings. The molecule has 6 heterocycles. The SMILES string of the molecule is COC(=O)C(=O)c1cc(C(=O)Nc2ccc(F)c(F)c2)c2n1CCC2.COC(=O)C12CCC(C(=O)O)(CC1)CC2.COC(=O)C12CCC(N)(CC1)CC2.COC(=O)C12CCC(NC(=O)OCc3ccccc3)(CC1)CC2.COC(=O)c1ccn2c1CCC2.Nc1ccc(F)c(F)c1.O=C(Nc1ccc(F)c(F)c1)c1ccn2c1CCC2. The Morgan fingerprint density at radius 1 is 0.448 bits per heavy atom. The Balaban J connectivity index is 0.000000146. The number of hydrogen-bond acceptors (Lipinski definition) is 18. The molecule has 0 spiro atoms. The number of aromatic nitrogens is 3. The van der Waals surface area contributed by atoms with E-state index in [1.165, 1.54) is 52.7 Å². The van der Waals surface area contributed by atoms with E-state index in [9.17, 15) is 79.4 Å². The summed E-state index contributed by atoms with van der Waals surface area (Å²) < 4.78 is 111. The number of carbonyl (C=O) groups is 10. The second-order valence-electron chi connectivity index (χ2n) is 31.0. The maximum Gasteiger partial charge on any atom is 0.407 e. The lowest BCUT2D eigenvalue weighted by molar-refractivity contribution is -0.172. The van der Waals surface area contributed by atoms with Crippen LogP contribution in [0.4, 0.5) is 48.2 Å². The van der Waals surface area contributed by atoms with Crippen molar-refractivity contribution in [2.45, 2.75) is 191 Å². The maximum absolute atomic E-state index is 13.3. The smallest absolute Gasteiger partial charge is 0.407 e. The molecule has 3 aromatic heterocycles. The van der Waals surface area contributed by atoms with Crippen LogP contribution in [0.3, 0.4) is 0 Å². The summed E-state index contributed by atoms with van der Waals surface area (Å²) in [5.41, 5.74) is 15.6. The molecule has 0 saturated heterocycles. The van der Waals surface area contributed by atoms with E-state index in [4.69, 9.17) is 30.4 Å². The number of benzene rings is 4. The lowest BCUT2D eigenvalue weighted by atomic mass is 9.54. The van der Waals surface area contributed by atoms with Gasteiger partial charge in [0, 0.05) is 89.4 Å². The van der Waals surface area contributed by atoms with Gasteiger partial charge in [-0.2, -0.15) is 0 Å². The van der Waals surface area contributed by atoms with E-state index in [1.54, 1.807) is 10.6 Å². The van der Waals surface area contributed by atoms with Crippen LogP contribution in [0.1, 0.15) is 199 Å². The van der Waals surface area contributed by atoms with Gasteiger partial charge in [-0.25, -0.2) is 40.7 Å². The molecule has 0 unspecified atom stereocenters. The maximum atomic E-state index is 13.3. The van der Waals surface area contributed by atoms with Gasteiger partial charge in [0.15, 0.2) is 34.9 Å². The highest BCUT2D eigenvalue weighted by Gasteiger charge is 2.57. The number of carboxylic acid groups (broad SMARTS) is 1. The number of aliphatic carboxylic acids is 1. The first kappa shape index (κ1) is 87.2. The third-order valence-electron chi connectivity index (χ3n) is 24.3. The van der Waals surface area contributed by atoms with Crippen molar-refractivity contribution in [3.8, 4) is 0 Å². The fourth-order valence-corrected chi connectivity index (χ4v) is 17.1. The number of fused-ring (bicyclic) bond motifs is 12. The number of nitrogens with one attached hydrogen (secondary N) is 3. The van der Waals surface area contributed by atoms with E-state index >= 15 is 0 Å². The number of methoxy groups -OCH3 is 5. The minimum absolute atomic E-state index is 0.0192. The van der Waals surface area contributed by atoms with E-state index in [0.29, 0.717) is 62.7 Å². The molecule has 25 nitrogen and oxygen atoms in total. The van der Waals surface area contributed by atoms with Crippen LogP contribution in [-0.2, 0) is 97.9 Å². The third kappa shape index (κ3) is 20.0. The highest BCUT2D eigenvalue weighted by atomic mass is 19.2. The lowest BCUT2D eigenvalue weighted by Gasteiger charge is -2.51. The zero-order valence-corrected chi connectivity index (χ0v) is 65.5. The van der Waals surface area contributed by atoms with Crippen molar-refractivity contribution in [3.05, 3.63) is 195 Å². The zero-order chi connectivity index (χ0) is 83.9. The molecule has 12 aliphatic rings. The monoisotopic (exact) mass is 1620 g/mol. The minimum atomic E-state index is -1.08. The van der Waals surface area contributed by atoms with Crippen molar-refractivity contribution in [1.29, 1.82) is 0 Å². The van der Waals surface area contributed by atoms with E-state index < -0.39 is 63.9 Å². The molecule has 4 aromatic carbocycles. The number of ketones is 1. The summed E-state index contributed by atoms with van der Waals surface area (Å²) in [5, 5.41) is 17.3. The third-order valence-corrected chi connectivity index (χ3v) is 24.3. The summed E-state index contributed by atoms with van der Waals surface area (Å²) in [6, 6.07) is 24.1. The zero-order valence-electron chi connectivity index (χ0n) is 65.5.